The number of rotatable bonds is 4. The maximum atomic E-state index is 13.6. The standard InChI is InChI=1S/C23H18BrN3O3S/c1-3-4-17-25-26-23(31-17)27-19(13-7-5-12(2)6-8-13)18-20(28)15-11-14(24)9-10-16(15)30-21(18)22(27)29/h5-11,19H,3-4H2,1-2H3. The summed E-state index contributed by atoms with van der Waals surface area (Å²) in [7, 11) is 0. The highest BCUT2D eigenvalue weighted by Crippen LogP contribution is 2.42. The third-order valence-electron chi connectivity index (χ3n) is 5.35. The van der Waals surface area contributed by atoms with Crippen LogP contribution in [0, 0.1) is 6.92 Å². The summed E-state index contributed by atoms with van der Waals surface area (Å²) in [4.78, 5) is 28.6. The summed E-state index contributed by atoms with van der Waals surface area (Å²) in [6.45, 7) is 4.07. The van der Waals surface area contributed by atoms with Gasteiger partial charge < -0.3 is 4.42 Å². The number of carbonyl (C=O) groups excluding carboxylic acids is 1. The molecule has 0 aliphatic carbocycles. The summed E-state index contributed by atoms with van der Waals surface area (Å²) in [6.07, 6.45) is 1.72. The average molecular weight is 496 g/mol. The first-order valence-electron chi connectivity index (χ1n) is 9.96. The molecule has 0 fully saturated rings. The predicted octanol–water partition coefficient (Wildman–Crippen LogP) is 5.42. The highest BCUT2D eigenvalue weighted by Gasteiger charge is 2.45. The van der Waals surface area contributed by atoms with Crippen molar-refractivity contribution < 1.29 is 9.21 Å². The number of anilines is 1. The number of aromatic nitrogens is 2. The molecule has 31 heavy (non-hydrogen) atoms. The van der Waals surface area contributed by atoms with Crippen LogP contribution in [0.3, 0.4) is 0 Å². The zero-order valence-corrected chi connectivity index (χ0v) is 19.3. The molecule has 5 rings (SSSR count). The normalized spacial score (nSPS) is 15.6. The van der Waals surface area contributed by atoms with Crippen molar-refractivity contribution >= 4 is 49.3 Å². The Morgan fingerprint density at radius 1 is 1.13 bits per heavy atom. The molecule has 1 unspecified atom stereocenters. The number of hydrogen-bond acceptors (Lipinski definition) is 6. The van der Waals surface area contributed by atoms with E-state index < -0.39 is 6.04 Å². The molecule has 4 aromatic rings. The zero-order valence-electron chi connectivity index (χ0n) is 16.9. The van der Waals surface area contributed by atoms with Gasteiger partial charge in [0, 0.05) is 10.9 Å². The van der Waals surface area contributed by atoms with Crippen LogP contribution in [0.2, 0.25) is 0 Å². The maximum Gasteiger partial charge on any atom is 0.297 e. The van der Waals surface area contributed by atoms with Crippen LogP contribution in [-0.2, 0) is 6.42 Å². The molecular formula is C23H18BrN3O3S. The summed E-state index contributed by atoms with van der Waals surface area (Å²) in [5, 5.41) is 10.3. The van der Waals surface area contributed by atoms with Crippen LogP contribution in [0.5, 0.6) is 0 Å². The van der Waals surface area contributed by atoms with Crippen LogP contribution in [0.25, 0.3) is 11.0 Å². The van der Waals surface area contributed by atoms with Gasteiger partial charge in [-0.1, -0.05) is 64.0 Å². The van der Waals surface area contributed by atoms with Crippen LogP contribution >= 0.6 is 27.3 Å². The third kappa shape index (κ3) is 3.30. The van der Waals surface area contributed by atoms with Crippen LogP contribution < -0.4 is 10.3 Å². The largest absolute Gasteiger partial charge is 0.450 e. The predicted molar refractivity (Wildman–Crippen MR) is 124 cm³/mol. The van der Waals surface area contributed by atoms with Crippen molar-refractivity contribution in [3.8, 4) is 0 Å². The van der Waals surface area contributed by atoms with Crippen LogP contribution in [0.15, 0.2) is 56.1 Å². The van der Waals surface area contributed by atoms with E-state index in [9.17, 15) is 9.59 Å². The highest BCUT2D eigenvalue weighted by molar-refractivity contribution is 9.10. The van der Waals surface area contributed by atoms with Gasteiger partial charge in [0.25, 0.3) is 5.91 Å². The molecule has 0 saturated carbocycles. The van der Waals surface area contributed by atoms with Gasteiger partial charge in [0.1, 0.15) is 10.6 Å². The Hall–Kier alpha value is -2.84. The number of hydrogen-bond donors (Lipinski definition) is 0. The van der Waals surface area contributed by atoms with Crippen LogP contribution in [0.1, 0.15) is 51.6 Å². The molecule has 3 heterocycles. The number of amides is 1. The molecule has 0 N–H and O–H groups in total. The lowest BCUT2D eigenvalue weighted by atomic mass is 9.98. The minimum atomic E-state index is -0.620. The quantitative estimate of drug-likeness (QED) is 0.377. The zero-order chi connectivity index (χ0) is 21.7. The molecule has 0 saturated heterocycles. The Labute approximate surface area is 190 Å². The van der Waals surface area contributed by atoms with Gasteiger partial charge in [-0.25, -0.2) is 0 Å². The van der Waals surface area contributed by atoms with Gasteiger partial charge in [-0.2, -0.15) is 0 Å². The Kier molecular flexibility index (Phi) is 4.98. The van der Waals surface area contributed by atoms with E-state index in [2.05, 4.69) is 33.1 Å². The molecule has 1 aliphatic rings. The van der Waals surface area contributed by atoms with E-state index in [1.54, 1.807) is 23.1 Å². The molecule has 0 bridgehead atoms. The Morgan fingerprint density at radius 2 is 1.90 bits per heavy atom. The molecule has 2 aromatic heterocycles. The van der Waals surface area contributed by atoms with Crippen molar-refractivity contribution in [3.05, 3.63) is 84.6 Å². The topological polar surface area (TPSA) is 76.3 Å². The maximum absolute atomic E-state index is 13.6. The summed E-state index contributed by atoms with van der Waals surface area (Å²) in [6, 6.07) is 12.4. The Bertz CT molecular complexity index is 1380. The summed E-state index contributed by atoms with van der Waals surface area (Å²) >= 11 is 4.79. The van der Waals surface area contributed by atoms with E-state index in [0.717, 1.165) is 33.4 Å². The van der Waals surface area contributed by atoms with Gasteiger partial charge in [-0.15, -0.1) is 10.2 Å². The second-order valence-corrected chi connectivity index (χ2v) is 9.49. The van der Waals surface area contributed by atoms with Crippen LogP contribution in [0.4, 0.5) is 5.13 Å². The monoisotopic (exact) mass is 495 g/mol. The molecule has 1 amide bonds. The molecule has 0 radical (unpaired) electrons. The Morgan fingerprint density at radius 3 is 2.65 bits per heavy atom. The number of halogens is 1. The average Bonchev–Trinajstić information content (AvgIpc) is 3.32. The number of fused-ring (bicyclic) bond motifs is 2. The van der Waals surface area contributed by atoms with E-state index in [1.807, 2.05) is 31.2 Å². The molecular weight excluding hydrogens is 478 g/mol. The van der Waals surface area contributed by atoms with Gasteiger partial charge in [0.05, 0.1) is 17.0 Å². The van der Waals surface area contributed by atoms with Crippen LogP contribution in [-0.4, -0.2) is 16.1 Å². The molecule has 156 valence electrons. The lowest BCUT2D eigenvalue weighted by molar-refractivity contribution is 0.0970. The van der Waals surface area contributed by atoms with E-state index in [1.165, 1.54) is 11.3 Å². The fraction of sp³-hybridized carbons (Fsp3) is 0.217. The van der Waals surface area contributed by atoms with Gasteiger partial charge in [-0.3, -0.25) is 14.5 Å². The van der Waals surface area contributed by atoms with Crippen molar-refractivity contribution in [1.29, 1.82) is 0 Å². The summed E-state index contributed by atoms with van der Waals surface area (Å²) < 4.78 is 6.75. The fourth-order valence-corrected chi connectivity index (χ4v) is 5.19. The molecule has 6 nitrogen and oxygen atoms in total. The molecule has 8 heteroatoms. The second kappa shape index (κ2) is 7.69. The van der Waals surface area contributed by atoms with E-state index >= 15 is 0 Å². The minimum absolute atomic E-state index is 0.0673. The van der Waals surface area contributed by atoms with Crippen molar-refractivity contribution in [2.24, 2.45) is 0 Å². The third-order valence-corrected chi connectivity index (χ3v) is 6.83. The van der Waals surface area contributed by atoms with Crippen molar-refractivity contribution in [2.75, 3.05) is 4.90 Å². The number of nitrogens with zero attached hydrogens (tertiary/aromatic N) is 3. The van der Waals surface area contributed by atoms with Gasteiger partial charge in [-0.05, 0) is 37.1 Å². The summed E-state index contributed by atoms with van der Waals surface area (Å²) in [5.41, 5.74) is 2.43. The first-order valence-corrected chi connectivity index (χ1v) is 11.6. The van der Waals surface area contributed by atoms with Gasteiger partial charge >= 0.3 is 0 Å². The molecule has 1 aliphatic heterocycles. The van der Waals surface area contributed by atoms with E-state index in [0.29, 0.717) is 21.7 Å². The lowest BCUT2D eigenvalue weighted by Gasteiger charge is -2.22. The molecule has 0 spiro atoms. The fourth-order valence-electron chi connectivity index (χ4n) is 3.86. The SMILES string of the molecule is CCCc1nnc(N2C(=O)c3oc4ccc(Br)cc4c(=O)c3C2c2ccc(C)cc2)s1. The van der Waals surface area contributed by atoms with E-state index in [4.69, 9.17) is 4.42 Å². The van der Waals surface area contributed by atoms with Crippen molar-refractivity contribution in [3.63, 3.8) is 0 Å². The van der Waals surface area contributed by atoms with Gasteiger partial charge in [0.2, 0.25) is 10.9 Å². The van der Waals surface area contributed by atoms with E-state index in [-0.39, 0.29) is 17.1 Å². The smallest absolute Gasteiger partial charge is 0.297 e. The van der Waals surface area contributed by atoms with Gasteiger partial charge in [0.15, 0.2) is 5.43 Å². The number of benzene rings is 2. The minimum Gasteiger partial charge on any atom is -0.450 e. The lowest BCUT2D eigenvalue weighted by Crippen LogP contribution is -2.29. The molecule has 1 atom stereocenters. The second-order valence-electron chi connectivity index (χ2n) is 7.53. The Balaban J connectivity index is 1.77. The number of aryl methyl sites for hydroxylation is 2. The van der Waals surface area contributed by atoms with Crippen molar-refractivity contribution in [1.82, 2.24) is 10.2 Å². The van der Waals surface area contributed by atoms with Crippen molar-refractivity contribution in [2.45, 2.75) is 32.7 Å². The highest BCUT2D eigenvalue weighted by atomic mass is 79.9. The molecule has 2 aromatic carbocycles. The summed E-state index contributed by atoms with van der Waals surface area (Å²) in [5.74, 6) is -0.306. The number of carbonyl (C=O) groups is 1. The first-order chi connectivity index (χ1) is 15.0. The first kappa shape index (κ1) is 20.1.